The fourth-order valence-electron chi connectivity index (χ4n) is 2.53. The number of aromatic amines is 1. The summed E-state index contributed by atoms with van der Waals surface area (Å²) in [6.07, 6.45) is 3.39. The van der Waals surface area contributed by atoms with Gasteiger partial charge < -0.3 is 20.3 Å². The molecular weight excluding hydrogens is 316 g/mol. The molecule has 0 bridgehead atoms. The van der Waals surface area contributed by atoms with Gasteiger partial charge in [0, 0.05) is 19.2 Å². The maximum atomic E-state index is 11.8. The zero-order chi connectivity index (χ0) is 17.8. The highest BCUT2D eigenvalue weighted by Crippen LogP contribution is 2.11. The van der Waals surface area contributed by atoms with E-state index in [9.17, 15) is 9.59 Å². The lowest BCUT2D eigenvalue weighted by molar-refractivity contribution is 0.870. The third-order valence-corrected chi connectivity index (χ3v) is 3.93. The Morgan fingerprint density at radius 1 is 1.20 bits per heavy atom. The number of aromatic nitrogens is 2. The maximum absolute atomic E-state index is 11.8. The highest BCUT2D eigenvalue weighted by atomic mass is 16.2. The molecule has 0 aliphatic rings. The minimum absolute atomic E-state index is 0.307. The summed E-state index contributed by atoms with van der Waals surface area (Å²) in [5, 5.41) is 11.3. The molecule has 0 aliphatic carbocycles. The van der Waals surface area contributed by atoms with Crippen LogP contribution in [0, 0.1) is 5.41 Å². The minimum atomic E-state index is -0.650. The number of H-pyrrole nitrogens is 1. The molecule has 25 heavy (non-hydrogen) atoms. The first kappa shape index (κ1) is 16.4. The van der Waals surface area contributed by atoms with Crippen molar-refractivity contribution < 1.29 is 0 Å². The molecule has 0 aliphatic heterocycles. The molecule has 0 fully saturated rings. The van der Waals surface area contributed by atoms with E-state index in [4.69, 9.17) is 5.41 Å². The average molecular weight is 334 g/mol. The molecule has 6 nitrogen and oxygen atoms in total. The normalized spacial score (nSPS) is 11.1. The van der Waals surface area contributed by atoms with Crippen molar-refractivity contribution in [1.29, 1.82) is 5.41 Å². The zero-order valence-electron chi connectivity index (χ0n) is 13.7. The topological polar surface area (TPSA) is 90.7 Å². The van der Waals surface area contributed by atoms with Gasteiger partial charge in [0.1, 0.15) is 0 Å². The quantitative estimate of drug-likeness (QED) is 0.492. The van der Waals surface area contributed by atoms with E-state index in [1.54, 1.807) is 37.5 Å². The molecule has 0 saturated heterocycles. The van der Waals surface area contributed by atoms with Gasteiger partial charge in [-0.25, -0.2) is 0 Å². The van der Waals surface area contributed by atoms with Gasteiger partial charge >= 0.3 is 11.1 Å². The van der Waals surface area contributed by atoms with E-state index < -0.39 is 11.1 Å². The second-order valence-electron chi connectivity index (χ2n) is 5.66. The zero-order valence-corrected chi connectivity index (χ0v) is 13.7. The molecular formula is C19H18N4O2. The molecule has 3 N–H and O–H groups in total. The molecule has 6 heteroatoms. The van der Waals surface area contributed by atoms with Crippen LogP contribution in [0.15, 0.2) is 70.4 Å². The summed E-state index contributed by atoms with van der Waals surface area (Å²) in [4.78, 5) is 25.8. The van der Waals surface area contributed by atoms with Gasteiger partial charge in [0.15, 0.2) is 0 Å². The Labute approximate surface area is 144 Å². The van der Waals surface area contributed by atoms with Gasteiger partial charge in [0.2, 0.25) is 0 Å². The largest absolute Gasteiger partial charge is 0.387 e. The van der Waals surface area contributed by atoms with Crippen molar-refractivity contribution in [2.75, 3.05) is 0 Å². The lowest BCUT2D eigenvalue weighted by Crippen LogP contribution is -2.34. The smallest absolute Gasteiger partial charge is 0.316 e. The first-order chi connectivity index (χ1) is 12.1. The van der Waals surface area contributed by atoms with E-state index >= 15 is 0 Å². The van der Waals surface area contributed by atoms with Crippen LogP contribution in [0.3, 0.4) is 0 Å². The lowest BCUT2D eigenvalue weighted by Gasteiger charge is -2.06. The number of hydrogen-bond acceptors (Lipinski definition) is 4. The summed E-state index contributed by atoms with van der Waals surface area (Å²) in [5.41, 5.74) is 2.00. The molecule has 126 valence electrons. The van der Waals surface area contributed by atoms with Gasteiger partial charge in [0.05, 0.1) is 16.7 Å². The molecule has 0 atom stereocenters. The number of allylic oxidation sites excluding steroid dienone is 1. The minimum Gasteiger partial charge on any atom is -0.387 e. The van der Waals surface area contributed by atoms with Crippen molar-refractivity contribution in [2.45, 2.75) is 6.54 Å². The van der Waals surface area contributed by atoms with Crippen molar-refractivity contribution >= 4 is 16.7 Å². The number of aryl methyl sites for hydroxylation is 1. The summed E-state index contributed by atoms with van der Waals surface area (Å²) in [6.45, 7) is 0.679. The predicted molar refractivity (Wildman–Crippen MR) is 99.1 cm³/mol. The van der Waals surface area contributed by atoms with Crippen molar-refractivity contribution in [3.8, 4) is 0 Å². The number of nitrogens with one attached hydrogen (secondary N) is 3. The molecule has 0 radical (unpaired) electrons. The van der Waals surface area contributed by atoms with Gasteiger partial charge in [-0.15, -0.1) is 0 Å². The van der Waals surface area contributed by atoms with Crippen LogP contribution >= 0.6 is 0 Å². The molecule has 0 amide bonds. The summed E-state index contributed by atoms with van der Waals surface area (Å²) in [7, 11) is 1.55. The summed E-state index contributed by atoms with van der Waals surface area (Å²) >= 11 is 0. The molecule has 0 unspecified atom stereocenters. The van der Waals surface area contributed by atoms with Crippen LogP contribution < -0.4 is 16.4 Å². The maximum Gasteiger partial charge on any atom is 0.316 e. The van der Waals surface area contributed by atoms with Crippen molar-refractivity contribution in [1.82, 2.24) is 14.9 Å². The first-order valence-corrected chi connectivity index (χ1v) is 7.82. The van der Waals surface area contributed by atoms with Crippen LogP contribution in [0.5, 0.6) is 0 Å². The molecule has 0 saturated carbocycles. The lowest BCUT2D eigenvalue weighted by atomic mass is 10.1. The van der Waals surface area contributed by atoms with Crippen LogP contribution in [0.1, 0.15) is 11.1 Å². The molecule has 1 aromatic heterocycles. The fourth-order valence-corrected chi connectivity index (χ4v) is 2.53. The second kappa shape index (κ2) is 7.00. The SMILES string of the molecule is Cn1c(=O)c(=O)[nH]c2ccc(C(=N)/C=C\NCc3ccccc3)cc21. The second-order valence-corrected chi connectivity index (χ2v) is 5.66. The number of hydrogen-bond donors (Lipinski definition) is 3. The van der Waals surface area contributed by atoms with Crippen molar-refractivity contribution in [3.05, 3.63) is 92.6 Å². The Bertz CT molecular complexity index is 1060. The van der Waals surface area contributed by atoms with Gasteiger partial charge in [-0.2, -0.15) is 0 Å². The Morgan fingerprint density at radius 2 is 1.96 bits per heavy atom. The first-order valence-electron chi connectivity index (χ1n) is 7.82. The highest BCUT2D eigenvalue weighted by Gasteiger charge is 2.06. The van der Waals surface area contributed by atoms with Crippen LogP contribution in [0.2, 0.25) is 0 Å². The molecule has 1 heterocycles. The van der Waals surface area contributed by atoms with Crippen LogP contribution in [-0.4, -0.2) is 15.3 Å². The monoisotopic (exact) mass is 334 g/mol. The third kappa shape index (κ3) is 3.58. The van der Waals surface area contributed by atoms with Crippen LogP contribution in [0.25, 0.3) is 11.0 Å². The van der Waals surface area contributed by atoms with E-state index in [0.29, 0.717) is 28.9 Å². The van der Waals surface area contributed by atoms with E-state index in [0.717, 1.165) is 5.56 Å². The van der Waals surface area contributed by atoms with Crippen LogP contribution in [0.4, 0.5) is 0 Å². The van der Waals surface area contributed by atoms with Gasteiger partial charge in [-0.3, -0.25) is 9.59 Å². The van der Waals surface area contributed by atoms with Crippen molar-refractivity contribution in [3.63, 3.8) is 0 Å². The Hall–Kier alpha value is -3.41. The van der Waals surface area contributed by atoms with E-state index in [1.165, 1.54) is 4.57 Å². The fraction of sp³-hybridized carbons (Fsp3) is 0.105. The molecule has 0 spiro atoms. The van der Waals surface area contributed by atoms with E-state index in [-0.39, 0.29) is 0 Å². The summed E-state index contributed by atoms with van der Waals surface area (Å²) in [5.74, 6) is 0. The standard InChI is InChI=1S/C19H18N4O2/c1-23-17-11-14(7-8-16(17)22-18(24)19(23)25)15(20)9-10-21-12-13-5-3-2-4-6-13/h2-11,20-21H,12H2,1H3,(H,22,24)/b10-9-,20-15?. The number of benzene rings is 2. The van der Waals surface area contributed by atoms with Crippen LogP contribution in [-0.2, 0) is 13.6 Å². The number of fused-ring (bicyclic) bond motifs is 1. The van der Waals surface area contributed by atoms with Gasteiger partial charge in [-0.05, 0) is 30.0 Å². The number of rotatable bonds is 5. The predicted octanol–water partition coefficient (Wildman–Crippen LogP) is 1.90. The number of nitrogens with zero attached hydrogens (tertiary/aromatic N) is 1. The van der Waals surface area contributed by atoms with Crippen molar-refractivity contribution in [2.24, 2.45) is 7.05 Å². The Balaban J connectivity index is 1.77. The Morgan fingerprint density at radius 3 is 2.72 bits per heavy atom. The molecule has 2 aromatic carbocycles. The van der Waals surface area contributed by atoms with Gasteiger partial charge in [0.25, 0.3) is 0 Å². The average Bonchev–Trinajstić information content (AvgIpc) is 2.64. The third-order valence-electron chi connectivity index (χ3n) is 3.93. The highest BCUT2D eigenvalue weighted by molar-refractivity contribution is 6.07. The Kier molecular flexibility index (Phi) is 4.61. The summed E-state index contributed by atoms with van der Waals surface area (Å²) < 4.78 is 1.29. The summed E-state index contributed by atoms with van der Waals surface area (Å²) in [6, 6.07) is 15.1. The van der Waals surface area contributed by atoms with Gasteiger partial charge in [-0.1, -0.05) is 36.4 Å². The molecule has 3 rings (SSSR count). The van der Waals surface area contributed by atoms with E-state index in [2.05, 4.69) is 10.3 Å². The van der Waals surface area contributed by atoms with E-state index in [1.807, 2.05) is 30.3 Å². The molecule has 3 aromatic rings.